The number of rotatable bonds is 2. The maximum atomic E-state index is 5.34. The normalized spacial score (nSPS) is 10.8. The van der Waals surface area contributed by atoms with E-state index in [0.29, 0.717) is 0 Å². The molecule has 0 N–H and O–H groups in total. The van der Waals surface area contributed by atoms with Crippen molar-refractivity contribution in [2.75, 3.05) is 0 Å². The molecule has 0 nitrogen and oxygen atoms in total. The SMILES string of the molecule is C#CC[Si](C)(C)c1ccccc1. The molecule has 0 unspecified atom stereocenters. The molecule has 0 aliphatic carbocycles. The fourth-order valence-corrected chi connectivity index (χ4v) is 3.06. The molecule has 0 heterocycles. The van der Waals surface area contributed by atoms with Gasteiger partial charge in [0.1, 0.15) is 0 Å². The molecule has 0 spiro atoms. The maximum Gasteiger partial charge on any atom is 0.0926 e. The van der Waals surface area contributed by atoms with E-state index in [0.717, 1.165) is 6.04 Å². The Morgan fingerprint density at radius 1 is 1.25 bits per heavy atom. The predicted octanol–water partition coefficient (Wildman–Crippen LogP) is 2.24. The molecule has 0 amide bonds. The van der Waals surface area contributed by atoms with Crippen LogP contribution in [0.5, 0.6) is 0 Å². The van der Waals surface area contributed by atoms with E-state index in [4.69, 9.17) is 6.42 Å². The van der Waals surface area contributed by atoms with Gasteiger partial charge in [-0.25, -0.2) is 0 Å². The average Bonchev–Trinajstić information content (AvgIpc) is 2.06. The second-order valence-electron chi connectivity index (χ2n) is 3.63. The van der Waals surface area contributed by atoms with E-state index < -0.39 is 8.07 Å². The third kappa shape index (κ3) is 1.99. The van der Waals surface area contributed by atoms with E-state index in [1.165, 1.54) is 5.19 Å². The molecule has 0 aliphatic rings. The number of terminal acetylenes is 1. The Bertz CT molecular complexity index is 280. The lowest BCUT2D eigenvalue weighted by Gasteiger charge is -2.19. The van der Waals surface area contributed by atoms with Gasteiger partial charge in [0.15, 0.2) is 0 Å². The van der Waals surface area contributed by atoms with Gasteiger partial charge in [0.2, 0.25) is 0 Å². The summed E-state index contributed by atoms with van der Waals surface area (Å²) in [4.78, 5) is 0. The second-order valence-corrected chi connectivity index (χ2v) is 8.33. The van der Waals surface area contributed by atoms with Gasteiger partial charge in [0.25, 0.3) is 0 Å². The molecule has 1 aromatic rings. The van der Waals surface area contributed by atoms with Crippen molar-refractivity contribution in [1.82, 2.24) is 0 Å². The first-order valence-corrected chi connectivity index (χ1v) is 7.36. The number of benzene rings is 1. The number of hydrogen-bond acceptors (Lipinski definition) is 0. The van der Waals surface area contributed by atoms with Crippen LogP contribution in [-0.2, 0) is 0 Å². The highest BCUT2D eigenvalue weighted by atomic mass is 28.3. The molecule has 0 bridgehead atoms. The van der Waals surface area contributed by atoms with Crippen molar-refractivity contribution >= 4 is 13.3 Å². The summed E-state index contributed by atoms with van der Waals surface area (Å²) in [6.45, 7) is 4.62. The quantitative estimate of drug-likeness (QED) is 0.476. The minimum atomic E-state index is -1.32. The molecule has 1 aromatic carbocycles. The van der Waals surface area contributed by atoms with Gasteiger partial charge in [-0.2, -0.15) is 0 Å². The van der Waals surface area contributed by atoms with Crippen LogP contribution in [0.4, 0.5) is 0 Å². The van der Waals surface area contributed by atoms with E-state index in [1.54, 1.807) is 0 Å². The van der Waals surface area contributed by atoms with Crippen LogP contribution in [0.1, 0.15) is 0 Å². The maximum absolute atomic E-state index is 5.34. The van der Waals surface area contributed by atoms with E-state index in [2.05, 4.69) is 43.3 Å². The summed E-state index contributed by atoms with van der Waals surface area (Å²) in [6.07, 6.45) is 5.34. The van der Waals surface area contributed by atoms with Gasteiger partial charge in [-0.15, -0.1) is 12.3 Å². The molecule has 0 aliphatic heterocycles. The Morgan fingerprint density at radius 3 is 2.33 bits per heavy atom. The Hall–Kier alpha value is -1.00. The van der Waals surface area contributed by atoms with Crippen molar-refractivity contribution in [2.45, 2.75) is 19.1 Å². The highest BCUT2D eigenvalue weighted by molar-refractivity contribution is 6.90. The Morgan fingerprint density at radius 2 is 1.83 bits per heavy atom. The Labute approximate surface area is 75.6 Å². The van der Waals surface area contributed by atoms with Crippen molar-refractivity contribution in [2.24, 2.45) is 0 Å². The summed E-state index contributed by atoms with van der Waals surface area (Å²) in [7, 11) is -1.32. The highest BCUT2D eigenvalue weighted by Crippen LogP contribution is 2.07. The van der Waals surface area contributed by atoms with Gasteiger partial charge < -0.3 is 0 Å². The topological polar surface area (TPSA) is 0 Å². The lowest BCUT2D eigenvalue weighted by molar-refractivity contribution is 1.59. The Balaban J connectivity index is 2.91. The standard InChI is InChI=1S/C11H14Si/c1-4-10-12(2,3)11-8-6-5-7-9-11/h1,5-9H,10H2,2-3H3. The summed E-state index contributed by atoms with van der Waals surface area (Å²) < 4.78 is 0. The third-order valence-electron chi connectivity index (χ3n) is 2.10. The summed E-state index contributed by atoms with van der Waals surface area (Å²) in [6, 6.07) is 11.5. The van der Waals surface area contributed by atoms with Gasteiger partial charge >= 0.3 is 0 Å². The molecular formula is C11H14Si. The molecule has 0 fully saturated rings. The largest absolute Gasteiger partial charge is 0.120 e. The zero-order valence-electron chi connectivity index (χ0n) is 7.67. The van der Waals surface area contributed by atoms with E-state index in [9.17, 15) is 0 Å². The van der Waals surface area contributed by atoms with Gasteiger partial charge in [-0.1, -0.05) is 48.6 Å². The molecule has 0 aromatic heterocycles. The van der Waals surface area contributed by atoms with Crippen LogP contribution in [0.25, 0.3) is 0 Å². The molecule has 0 radical (unpaired) electrons. The smallest absolute Gasteiger partial charge is 0.0926 e. The molecule has 0 atom stereocenters. The molecule has 62 valence electrons. The van der Waals surface area contributed by atoms with Crippen LogP contribution in [0.2, 0.25) is 19.1 Å². The van der Waals surface area contributed by atoms with Crippen LogP contribution in [0.15, 0.2) is 30.3 Å². The van der Waals surface area contributed by atoms with Crippen molar-refractivity contribution in [3.05, 3.63) is 30.3 Å². The van der Waals surface area contributed by atoms with Crippen LogP contribution < -0.4 is 5.19 Å². The molecule has 1 rings (SSSR count). The molecule has 12 heavy (non-hydrogen) atoms. The van der Waals surface area contributed by atoms with Gasteiger partial charge in [0.05, 0.1) is 8.07 Å². The van der Waals surface area contributed by atoms with Crippen molar-refractivity contribution in [3.63, 3.8) is 0 Å². The van der Waals surface area contributed by atoms with Crippen LogP contribution in [0, 0.1) is 12.3 Å². The van der Waals surface area contributed by atoms with Crippen LogP contribution in [-0.4, -0.2) is 8.07 Å². The third-order valence-corrected chi connectivity index (χ3v) is 5.08. The molecule has 0 saturated carbocycles. The lowest BCUT2D eigenvalue weighted by Crippen LogP contribution is -2.40. The summed E-state index contributed by atoms with van der Waals surface area (Å²) in [5.74, 6) is 2.77. The van der Waals surface area contributed by atoms with Crippen LogP contribution in [0.3, 0.4) is 0 Å². The summed E-state index contributed by atoms with van der Waals surface area (Å²) in [5.41, 5.74) is 0. The van der Waals surface area contributed by atoms with Gasteiger partial charge in [-0.3, -0.25) is 0 Å². The zero-order valence-corrected chi connectivity index (χ0v) is 8.67. The predicted molar refractivity (Wildman–Crippen MR) is 57.2 cm³/mol. The fourth-order valence-electron chi connectivity index (χ4n) is 1.25. The van der Waals surface area contributed by atoms with Gasteiger partial charge in [0, 0.05) is 6.04 Å². The van der Waals surface area contributed by atoms with Crippen molar-refractivity contribution < 1.29 is 0 Å². The highest BCUT2D eigenvalue weighted by Gasteiger charge is 2.21. The first-order valence-electron chi connectivity index (χ1n) is 4.16. The molecule has 1 heteroatoms. The van der Waals surface area contributed by atoms with Crippen molar-refractivity contribution in [1.29, 1.82) is 0 Å². The minimum absolute atomic E-state index is 0.928. The fraction of sp³-hybridized carbons (Fsp3) is 0.273. The average molecular weight is 174 g/mol. The molecule has 0 saturated heterocycles. The summed E-state index contributed by atoms with van der Waals surface area (Å²) >= 11 is 0. The monoisotopic (exact) mass is 174 g/mol. The number of hydrogen-bond donors (Lipinski definition) is 0. The zero-order chi connectivity index (χ0) is 9.03. The minimum Gasteiger partial charge on any atom is -0.120 e. The van der Waals surface area contributed by atoms with Gasteiger partial charge in [-0.05, 0) is 0 Å². The lowest BCUT2D eigenvalue weighted by atomic mass is 10.4. The second kappa shape index (κ2) is 3.60. The van der Waals surface area contributed by atoms with E-state index in [1.807, 2.05) is 6.07 Å². The first kappa shape index (κ1) is 9.09. The van der Waals surface area contributed by atoms with E-state index >= 15 is 0 Å². The molecular weight excluding hydrogens is 160 g/mol. The van der Waals surface area contributed by atoms with E-state index in [-0.39, 0.29) is 0 Å². The van der Waals surface area contributed by atoms with Crippen LogP contribution >= 0.6 is 0 Å². The first-order chi connectivity index (χ1) is 5.67. The van der Waals surface area contributed by atoms with Crippen molar-refractivity contribution in [3.8, 4) is 12.3 Å². The summed E-state index contributed by atoms with van der Waals surface area (Å²) in [5, 5.41) is 1.45. The Kier molecular flexibility index (Phi) is 2.72.